The van der Waals surface area contributed by atoms with Gasteiger partial charge in [-0.3, -0.25) is 9.78 Å². The van der Waals surface area contributed by atoms with E-state index in [4.69, 9.17) is 21.1 Å². The smallest absolute Gasteiger partial charge is 0.272 e. The summed E-state index contributed by atoms with van der Waals surface area (Å²) in [4.78, 5) is 16.2. The minimum atomic E-state index is -0.270. The summed E-state index contributed by atoms with van der Waals surface area (Å²) < 4.78 is 12.5. The highest BCUT2D eigenvalue weighted by atomic mass is 35.5. The van der Waals surface area contributed by atoms with Gasteiger partial charge in [-0.2, -0.15) is 5.10 Å². The minimum absolute atomic E-state index is 0.228. The Bertz CT molecular complexity index is 681. The van der Waals surface area contributed by atoms with Crippen molar-refractivity contribution in [3.8, 4) is 5.75 Å². The number of nitrogens with zero attached hydrogens (tertiary/aromatic N) is 3. The summed E-state index contributed by atoms with van der Waals surface area (Å²) in [5.41, 5.74) is 0.498. The molecule has 7 heteroatoms. The van der Waals surface area contributed by atoms with Crippen LogP contribution in [-0.4, -0.2) is 21.4 Å². The van der Waals surface area contributed by atoms with Crippen LogP contribution >= 0.6 is 11.6 Å². The predicted molar refractivity (Wildman–Crippen MR) is 80.9 cm³/mol. The summed E-state index contributed by atoms with van der Waals surface area (Å²) in [5.74, 6) is 0.411. The SMILES string of the molecule is O=c1cc(OCc2ccc(Cl)cn2)cnn1C1CCCCO1. The zero-order valence-corrected chi connectivity index (χ0v) is 12.7. The average Bonchev–Trinajstić information content (AvgIpc) is 2.55. The van der Waals surface area contributed by atoms with Gasteiger partial charge in [0.05, 0.1) is 16.9 Å². The highest BCUT2D eigenvalue weighted by Gasteiger charge is 2.18. The second-order valence-electron chi connectivity index (χ2n) is 5.05. The van der Waals surface area contributed by atoms with Crippen molar-refractivity contribution in [2.45, 2.75) is 32.1 Å². The fraction of sp³-hybridized carbons (Fsp3) is 0.400. The molecule has 2 aromatic rings. The standard InChI is InChI=1S/C15H16ClN3O3/c16-11-4-5-12(17-8-11)10-22-13-7-14(20)19(18-9-13)15-3-1-2-6-21-15/h4-5,7-9,15H,1-3,6,10H2. The molecule has 0 bridgehead atoms. The molecule has 0 radical (unpaired) electrons. The first kappa shape index (κ1) is 15.0. The molecule has 1 fully saturated rings. The van der Waals surface area contributed by atoms with E-state index in [-0.39, 0.29) is 18.4 Å². The van der Waals surface area contributed by atoms with Crippen LogP contribution in [0.25, 0.3) is 0 Å². The first-order valence-electron chi connectivity index (χ1n) is 7.16. The lowest BCUT2D eigenvalue weighted by molar-refractivity contribution is -0.0426. The fourth-order valence-corrected chi connectivity index (χ4v) is 2.37. The molecule has 1 atom stereocenters. The second-order valence-corrected chi connectivity index (χ2v) is 5.49. The number of aromatic nitrogens is 3. The normalized spacial score (nSPS) is 18.1. The molecule has 0 amide bonds. The molecule has 22 heavy (non-hydrogen) atoms. The van der Waals surface area contributed by atoms with Crippen LogP contribution in [0.15, 0.2) is 35.4 Å². The van der Waals surface area contributed by atoms with Gasteiger partial charge in [-0.05, 0) is 31.4 Å². The molecule has 1 saturated heterocycles. The van der Waals surface area contributed by atoms with E-state index >= 15 is 0 Å². The van der Waals surface area contributed by atoms with E-state index in [0.29, 0.717) is 17.4 Å². The Hall–Kier alpha value is -1.92. The van der Waals surface area contributed by atoms with Gasteiger partial charge >= 0.3 is 0 Å². The van der Waals surface area contributed by atoms with Crippen LogP contribution in [-0.2, 0) is 11.3 Å². The Labute approximate surface area is 132 Å². The van der Waals surface area contributed by atoms with E-state index in [1.165, 1.54) is 16.9 Å². The molecule has 0 saturated carbocycles. The summed E-state index contributed by atoms with van der Waals surface area (Å²) in [6, 6.07) is 4.93. The first-order valence-corrected chi connectivity index (χ1v) is 7.54. The van der Waals surface area contributed by atoms with Gasteiger partial charge in [0, 0.05) is 18.9 Å². The van der Waals surface area contributed by atoms with Crippen molar-refractivity contribution in [1.29, 1.82) is 0 Å². The zero-order chi connectivity index (χ0) is 15.4. The van der Waals surface area contributed by atoms with Crippen LogP contribution in [0, 0.1) is 0 Å². The van der Waals surface area contributed by atoms with Crippen LogP contribution in [0.3, 0.4) is 0 Å². The molecule has 1 aliphatic rings. The molecule has 3 rings (SSSR count). The summed E-state index contributed by atoms with van der Waals surface area (Å²) >= 11 is 5.77. The fourth-order valence-electron chi connectivity index (χ4n) is 2.26. The van der Waals surface area contributed by atoms with Crippen LogP contribution in [0.1, 0.15) is 31.2 Å². The maximum Gasteiger partial charge on any atom is 0.272 e. The Morgan fingerprint density at radius 1 is 1.36 bits per heavy atom. The number of ether oxygens (including phenoxy) is 2. The summed E-state index contributed by atoms with van der Waals surface area (Å²) in [7, 11) is 0. The molecular weight excluding hydrogens is 306 g/mol. The molecule has 0 spiro atoms. The lowest BCUT2D eigenvalue weighted by atomic mass is 10.2. The topological polar surface area (TPSA) is 66.2 Å². The van der Waals surface area contributed by atoms with Gasteiger partial charge in [-0.15, -0.1) is 0 Å². The third-order valence-electron chi connectivity index (χ3n) is 3.40. The third-order valence-corrected chi connectivity index (χ3v) is 3.63. The number of hydrogen-bond donors (Lipinski definition) is 0. The lowest BCUT2D eigenvalue weighted by Gasteiger charge is -2.23. The largest absolute Gasteiger partial charge is 0.485 e. The highest BCUT2D eigenvalue weighted by Crippen LogP contribution is 2.20. The maximum absolute atomic E-state index is 12.1. The van der Waals surface area contributed by atoms with E-state index < -0.39 is 0 Å². The molecule has 116 valence electrons. The molecule has 1 aliphatic heterocycles. The van der Waals surface area contributed by atoms with E-state index in [1.807, 2.05) is 0 Å². The van der Waals surface area contributed by atoms with Crippen LogP contribution in [0.2, 0.25) is 5.02 Å². The van der Waals surface area contributed by atoms with Crippen molar-refractivity contribution >= 4 is 11.6 Å². The van der Waals surface area contributed by atoms with Crippen molar-refractivity contribution < 1.29 is 9.47 Å². The Morgan fingerprint density at radius 3 is 2.95 bits per heavy atom. The molecular formula is C15H16ClN3O3. The quantitative estimate of drug-likeness (QED) is 0.866. The molecule has 0 N–H and O–H groups in total. The average molecular weight is 322 g/mol. The molecule has 3 heterocycles. The number of rotatable bonds is 4. The molecule has 6 nitrogen and oxygen atoms in total. The zero-order valence-electron chi connectivity index (χ0n) is 11.9. The third kappa shape index (κ3) is 3.64. The van der Waals surface area contributed by atoms with Crippen molar-refractivity contribution in [3.05, 3.63) is 51.7 Å². The number of pyridine rings is 1. The Morgan fingerprint density at radius 2 is 2.27 bits per heavy atom. The van der Waals surface area contributed by atoms with Gasteiger partial charge in [-0.1, -0.05) is 11.6 Å². The monoisotopic (exact) mass is 321 g/mol. The van der Waals surface area contributed by atoms with Crippen LogP contribution < -0.4 is 10.3 Å². The van der Waals surface area contributed by atoms with Gasteiger partial charge in [0.1, 0.15) is 12.4 Å². The van der Waals surface area contributed by atoms with E-state index in [2.05, 4.69) is 10.1 Å². The van der Waals surface area contributed by atoms with E-state index in [9.17, 15) is 4.79 Å². The minimum Gasteiger partial charge on any atom is -0.485 e. The van der Waals surface area contributed by atoms with Gasteiger partial charge in [0.2, 0.25) is 0 Å². The van der Waals surface area contributed by atoms with Gasteiger partial charge in [0.25, 0.3) is 5.56 Å². The van der Waals surface area contributed by atoms with E-state index in [1.54, 1.807) is 18.3 Å². The molecule has 0 aromatic carbocycles. The molecule has 0 aliphatic carbocycles. The van der Waals surface area contributed by atoms with Gasteiger partial charge < -0.3 is 9.47 Å². The van der Waals surface area contributed by atoms with Crippen LogP contribution in [0.5, 0.6) is 5.75 Å². The summed E-state index contributed by atoms with van der Waals surface area (Å²) in [6.07, 6.45) is 5.68. The maximum atomic E-state index is 12.1. The van der Waals surface area contributed by atoms with Gasteiger partial charge in [0.15, 0.2) is 6.23 Å². The highest BCUT2D eigenvalue weighted by molar-refractivity contribution is 6.30. The van der Waals surface area contributed by atoms with Crippen molar-refractivity contribution in [2.75, 3.05) is 6.61 Å². The summed E-state index contributed by atoms with van der Waals surface area (Å²) in [5, 5.41) is 4.71. The van der Waals surface area contributed by atoms with Crippen LogP contribution in [0.4, 0.5) is 0 Å². The second kappa shape index (κ2) is 6.89. The number of halogens is 1. The van der Waals surface area contributed by atoms with Crippen molar-refractivity contribution in [3.63, 3.8) is 0 Å². The predicted octanol–water partition coefficient (Wildman–Crippen LogP) is 2.57. The molecule has 2 aromatic heterocycles. The molecule has 1 unspecified atom stereocenters. The Kier molecular flexibility index (Phi) is 4.70. The van der Waals surface area contributed by atoms with E-state index in [0.717, 1.165) is 25.0 Å². The van der Waals surface area contributed by atoms with Crippen molar-refractivity contribution in [2.24, 2.45) is 0 Å². The lowest BCUT2D eigenvalue weighted by Crippen LogP contribution is -2.30. The first-order chi connectivity index (χ1) is 10.7. The van der Waals surface area contributed by atoms with Gasteiger partial charge in [-0.25, -0.2) is 4.68 Å². The van der Waals surface area contributed by atoms with Crippen molar-refractivity contribution in [1.82, 2.24) is 14.8 Å². The number of hydrogen-bond acceptors (Lipinski definition) is 5. The summed E-state index contributed by atoms with van der Waals surface area (Å²) in [6.45, 7) is 0.918. The Balaban J connectivity index is 1.66.